The molecule has 4 rings (SSSR count). The first-order chi connectivity index (χ1) is 13.1. The first-order valence-electron chi connectivity index (χ1n) is 9.37. The molecule has 7 nitrogen and oxygen atoms in total. The van der Waals surface area contributed by atoms with Gasteiger partial charge >= 0.3 is 0 Å². The Bertz CT molecular complexity index is 807. The number of nitrogens with two attached hydrogens (primary N) is 1. The molecule has 1 aliphatic heterocycles. The van der Waals surface area contributed by atoms with E-state index in [2.05, 4.69) is 9.97 Å². The molecule has 27 heavy (non-hydrogen) atoms. The lowest BCUT2D eigenvalue weighted by Gasteiger charge is -2.36. The fraction of sp³-hybridized carbons (Fsp3) is 0.450. The molecule has 1 aromatic carbocycles. The number of methoxy groups -OCH3 is 1. The van der Waals surface area contributed by atoms with Crippen LogP contribution < -0.4 is 15.5 Å². The first-order valence-corrected chi connectivity index (χ1v) is 9.37. The van der Waals surface area contributed by atoms with Crippen LogP contribution in [0.4, 0.5) is 11.5 Å². The summed E-state index contributed by atoms with van der Waals surface area (Å²) < 4.78 is 5.23. The van der Waals surface area contributed by atoms with Crippen molar-refractivity contribution in [2.24, 2.45) is 5.73 Å². The van der Waals surface area contributed by atoms with Crippen molar-refractivity contribution >= 4 is 17.4 Å². The number of aromatic nitrogens is 2. The van der Waals surface area contributed by atoms with Crippen LogP contribution in [0.15, 0.2) is 36.4 Å². The summed E-state index contributed by atoms with van der Waals surface area (Å²) >= 11 is 0. The largest absolute Gasteiger partial charge is 0.377 e. The maximum atomic E-state index is 12.7. The topological polar surface area (TPSA) is 84.6 Å². The number of amides is 1. The molecule has 0 atom stereocenters. The summed E-state index contributed by atoms with van der Waals surface area (Å²) in [6, 6.07) is 12.1. The molecular weight excluding hydrogens is 342 g/mol. The van der Waals surface area contributed by atoms with Crippen LogP contribution in [0.3, 0.4) is 0 Å². The third-order valence-corrected chi connectivity index (χ3v) is 5.26. The number of piperazine rings is 1. The molecule has 0 radical (unpaired) electrons. The maximum absolute atomic E-state index is 12.7. The first kappa shape index (κ1) is 17.9. The molecule has 2 fully saturated rings. The van der Waals surface area contributed by atoms with Gasteiger partial charge in [-0.15, -0.1) is 0 Å². The molecule has 2 aliphatic rings. The average molecular weight is 367 g/mol. The summed E-state index contributed by atoms with van der Waals surface area (Å²) in [4.78, 5) is 25.9. The zero-order valence-corrected chi connectivity index (χ0v) is 15.5. The van der Waals surface area contributed by atoms with E-state index in [1.165, 1.54) is 0 Å². The van der Waals surface area contributed by atoms with E-state index < -0.39 is 0 Å². The Morgan fingerprint density at radius 3 is 2.63 bits per heavy atom. The van der Waals surface area contributed by atoms with Gasteiger partial charge < -0.3 is 20.3 Å². The van der Waals surface area contributed by atoms with Crippen molar-refractivity contribution < 1.29 is 9.53 Å². The van der Waals surface area contributed by atoms with E-state index in [1.54, 1.807) is 7.11 Å². The predicted octanol–water partition coefficient (Wildman–Crippen LogP) is 1.68. The third-order valence-electron chi connectivity index (χ3n) is 5.26. The molecule has 1 aromatic heterocycles. The molecule has 2 heterocycles. The van der Waals surface area contributed by atoms with Crippen LogP contribution in [0.25, 0.3) is 0 Å². The third kappa shape index (κ3) is 3.79. The fourth-order valence-corrected chi connectivity index (χ4v) is 3.72. The number of hydrogen-bond acceptors (Lipinski definition) is 6. The molecule has 2 aromatic rings. The molecule has 0 spiro atoms. The Balaban J connectivity index is 1.53. The van der Waals surface area contributed by atoms with Crippen molar-refractivity contribution in [3.63, 3.8) is 0 Å². The number of carbonyl (C=O) groups excluding carboxylic acids is 1. The van der Waals surface area contributed by atoms with Gasteiger partial charge in [0.1, 0.15) is 12.4 Å². The van der Waals surface area contributed by atoms with Crippen LogP contribution in [-0.4, -0.2) is 48.7 Å². The highest BCUT2D eigenvalue weighted by atomic mass is 16.5. The monoisotopic (exact) mass is 367 g/mol. The normalized spacial score (nSPS) is 22.7. The Hall–Kier alpha value is -2.51. The van der Waals surface area contributed by atoms with Crippen LogP contribution in [0.5, 0.6) is 0 Å². The highest BCUT2D eigenvalue weighted by molar-refractivity contribution is 5.97. The number of benzene rings is 1. The number of nitrogens with zero attached hydrogens (tertiary/aromatic N) is 4. The fourth-order valence-electron chi connectivity index (χ4n) is 3.72. The molecule has 7 heteroatoms. The molecular formula is C20H25N5O2. The lowest BCUT2D eigenvalue weighted by atomic mass is 9.78. The Morgan fingerprint density at radius 1 is 1.19 bits per heavy atom. The van der Waals surface area contributed by atoms with E-state index in [0.717, 1.165) is 36.6 Å². The Morgan fingerprint density at radius 2 is 1.96 bits per heavy atom. The van der Waals surface area contributed by atoms with Crippen LogP contribution in [0.1, 0.15) is 30.3 Å². The number of carbonyl (C=O) groups is 1. The molecule has 1 saturated heterocycles. The SMILES string of the molecule is COCc1nc(C2CC(N)C2)cc(N2CCN(c3ccccc3)C(=O)C2)n1. The van der Waals surface area contributed by atoms with Crippen molar-refractivity contribution in [1.82, 2.24) is 9.97 Å². The van der Waals surface area contributed by atoms with E-state index >= 15 is 0 Å². The molecule has 1 amide bonds. The van der Waals surface area contributed by atoms with Crippen LogP contribution in [0, 0.1) is 0 Å². The zero-order valence-electron chi connectivity index (χ0n) is 15.5. The van der Waals surface area contributed by atoms with Gasteiger partial charge in [-0.05, 0) is 25.0 Å². The smallest absolute Gasteiger partial charge is 0.246 e. The molecule has 1 aliphatic carbocycles. The minimum atomic E-state index is 0.0755. The standard InChI is InChI=1S/C20H25N5O2/c1-27-13-18-22-17(14-9-15(21)10-14)11-19(23-18)24-7-8-25(20(26)12-24)16-5-3-2-4-6-16/h2-6,11,14-15H,7-10,12-13,21H2,1H3. The highest BCUT2D eigenvalue weighted by Crippen LogP contribution is 2.36. The van der Waals surface area contributed by atoms with E-state index in [4.69, 9.17) is 10.5 Å². The van der Waals surface area contributed by atoms with Crippen LogP contribution in [0.2, 0.25) is 0 Å². The Kier molecular flexibility index (Phi) is 5.05. The van der Waals surface area contributed by atoms with Gasteiger partial charge in [0.2, 0.25) is 5.91 Å². The summed E-state index contributed by atoms with van der Waals surface area (Å²) in [7, 11) is 1.64. The van der Waals surface area contributed by atoms with Crippen LogP contribution in [-0.2, 0) is 16.1 Å². The molecule has 0 unspecified atom stereocenters. The van der Waals surface area contributed by atoms with Gasteiger partial charge in [-0.2, -0.15) is 0 Å². The number of hydrogen-bond donors (Lipinski definition) is 1. The van der Waals surface area contributed by atoms with Gasteiger partial charge in [0, 0.05) is 49.6 Å². The van der Waals surface area contributed by atoms with Crippen molar-refractivity contribution in [3.8, 4) is 0 Å². The number of para-hydroxylation sites is 1. The van der Waals surface area contributed by atoms with Crippen LogP contribution >= 0.6 is 0 Å². The second kappa shape index (κ2) is 7.62. The second-order valence-corrected chi connectivity index (χ2v) is 7.23. The van der Waals surface area contributed by atoms with Gasteiger partial charge in [0.25, 0.3) is 0 Å². The molecule has 0 bridgehead atoms. The summed E-state index contributed by atoms with van der Waals surface area (Å²) in [6.45, 7) is 2.03. The summed E-state index contributed by atoms with van der Waals surface area (Å²) in [6.07, 6.45) is 1.90. The maximum Gasteiger partial charge on any atom is 0.246 e. The quantitative estimate of drug-likeness (QED) is 0.866. The van der Waals surface area contributed by atoms with Gasteiger partial charge in [-0.25, -0.2) is 9.97 Å². The lowest BCUT2D eigenvalue weighted by molar-refractivity contribution is -0.117. The summed E-state index contributed by atoms with van der Waals surface area (Å²) in [5, 5.41) is 0. The minimum absolute atomic E-state index is 0.0755. The van der Waals surface area contributed by atoms with E-state index in [-0.39, 0.29) is 11.9 Å². The highest BCUT2D eigenvalue weighted by Gasteiger charge is 2.31. The van der Waals surface area contributed by atoms with Crippen molar-refractivity contribution in [3.05, 3.63) is 47.9 Å². The molecule has 142 valence electrons. The molecule has 1 saturated carbocycles. The van der Waals surface area contributed by atoms with E-state index in [0.29, 0.717) is 31.4 Å². The molecule has 2 N–H and O–H groups in total. The van der Waals surface area contributed by atoms with Gasteiger partial charge in [-0.3, -0.25) is 4.79 Å². The summed E-state index contributed by atoms with van der Waals surface area (Å²) in [5.41, 5.74) is 7.89. The van der Waals surface area contributed by atoms with Gasteiger partial charge in [0.15, 0.2) is 5.82 Å². The van der Waals surface area contributed by atoms with E-state index in [9.17, 15) is 4.79 Å². The Labute approximate surface area is 159 Å². The van der Waals surface area contributed by atoms with Crippen molar-refractivity contribution in [1.29, 1.82) is 0 Å². The number of rotatable bonds is 5. The summed E-state index contributed by atoms with van der Waals surface area (Å²) in [5.74, 6) is 1.90. The second-order valence-electron chi connectivity index (χ2n) is 7.23. The van der Waals surface area contributed by atoms with Crippen molar-refractivity contribution in [2.75, 3.05) is 36.5 Å². The van der Waals surface area contributed by atoms with Gasteiger partial charge in [-0.1, -0.05) is 18.2 Å². The van der Waals surface area contributed by atoms with Crippen molar-refractivity contribution in [2.45, 2.75) is 31.4 Å². The number of anilines is 2. The van der Waals surface area contributed by atoms with Gasteiger partial charge in [0.05, 0.1) is 6.54 Å². The lowest BCUT2D eigenvalue weighted by Crippen LogP contribution is -2.51. The van der Waals surface area contributed by atoms with E-state index in [1.807, 2.05) is 46.2 Å². The minimum Gasteiger partial charge on any atom is -0.377 e. The zero-order chi connectivity index (χ0) is 18.8. The number of ether oxygens (including phenoxy) is 1. The predicted molar refractivity (Wildman–Crippen MR) is 104 cm³/mol. The average Bonchev–Trinajstić information content (AvgIpc) is 2.66.